The minimum atomic E-state index is -4.63. The molecule has 126 heavy (non-hydrogen) atoms. The van der Waals surface area contributed by atoms with Crippen LogP contribution in [0.3, 0.4) is 0 Å². The maximum atomic E-state index is 12.9. The Balaban J connectivity index is 3.65. The lowest BCUT2D eigenvalue weighted by Gasteiger charge is -2.20. The van der Waals surface area contributed by atoms with E-state index in [1.165, 1.54) is 141 Å². The molecule has 0 aliphatic carbocycles. The molecule has 0 saturated carbocycles. The van der Waals surface area contributed by atoms with Crippen molar-refractivity contribution in [3.05, 3.63) is 0 Å². The maximum Gasteiger partial charge on any atom is 0.472 e. The molecule has 0 saturated heterocycles. The predicted octanol–water partition coefficient (Wildman–Crippen LogP) is 12.6. The summed E-state index contributed by atoms with van der Waals surface area (Å²) in [6.07, 6.45) is 35.8. The Labute approximate surface area is 759 Å². The van der Waals surface area contributed by atoms with E-state index >= 15 is 0 Å². The fourth-order valence-corrected chi connectivity index (χ4v) is 12.6. The summed E-state index contributed by atoms with van der Waals surface area (Å²) in [5.74, 6) is -1.26. The lowest BCUT2D eigenvalue weighted by molar-refractivity contribution is -0.161. The average molecular weight is 1850 g/mol. The molecule has 0 aliphatic heterocycles. The third-order valence-corrected chi connectivity index (χ3v) is 19.9. The van der Waals surface area contributed by atoms with Gasteiger partial charge in [-0.05, 0) is 12.8 Å². The van der Waals surface area contributed by atoms with E-state index in [0.717, 1.165) is 38.5 Å². The SMILES string of the molecule is CCCCCCCCCCCCCCCCCC(=O)OCC(COP(=O)(O)OCCNC(=O)CCOCCOCCOCCOCCOCCOCCOCCOCCOCCOCCOCCOCCOCCOCCOCCOCCOCCOCCOCCOCCOCCOCCOCCOC)OC(=O)CCCCCCCCCCCCCCCCC. The number of phosphoric acid groups is 1. The molecule has 34 nitrogen and oxygen atoms in total. The number of hydrogen-bond acceptors (Lipinski definition) is 32. The highest BCUT2D eigenvalue weighted by atomic mass is 31.2. The number of ether oxygens (including phenoxy) is 26. The lowest BCUT2D eigenvalue weighted by Crippen LogP contribution is -2.30. The normalized spacial score (nSPS) is 12.4. The van der Waals surface area contributed by atoms with Gasteiger partial charge in [0.25, 0.3) is 0 Å². The minimum Gasteiger partial charge on any atom is -0.462 e. The standard InChI is InChI=1S/C91H180NO33P/c1-4-6-8-10-12-14-16-18-20-22-24-26-28-30-32-34-90(94)122-86-88(125-91(95)35-33-31-29-27-25-23-21-19-17-15-13-11-9-7-5-2)87-124-126(96,97)123-39-37-92-89(93)36-38-99-42-43-101-46-47-103-50-51-105-54-55-107-58-59-109-62-63-111-66-67-113-70-71-115-74-75-117-78-79-119-82-83-121-85-84-120-81-80-118-77-76-116-73-72-114-69-68-112-65-64-110-61-60-108-57-56-106-53-52-104-49-48-102-45-44-100-41-40-98-3/h88H,4-87H2,1-3H3,(H,92,93)(H,96,97). The third kappa shape index (κ3) is 109. The number of unbranched alkanes of at least 4 members (excludes halogenated alkanes) is 28. The van der Waals surface area contributed by atoms with Crippen LogP contribution in [0.5, 0.6) is 0 Å². The summed E-state index contributed by atoms with van der Waals surface area (Å²) in [6.45, 7) is 24.9. The molecule has 0 heterocycles. The van der Waals surface area contributed by atoms with Crippen molar-refractivity contribution >= 4 is 25.7 Å². The van der Waals surface area contributed by atoms with Crippen LogP contribution in [-0.2, 0) is 151 Å². The fraction of sp³-hybridized carbons (Fsp3) is 0.967. The molecule has 0 fully saturated rings. The van der Waals surface area contributed by atoms with Gasteiger partial charge in [0, 0.05) is 32.9 Å². The van der Waals surface area contributed by atoms with E-state index in [1.807, 2.05) is 0 Å². The predicted molar refractivity (Wildman–Crippen MR) is 480 cm³/mol. The van der Waals surface area contributed by atoms with E-state index in [4.69, 9.17) is 132 Å². The Kier molecular flexibility index (Phi) is 107. The van der Waals surface area contributed by atoms with E-state index in [9.17, 15) is 23.8 Å². The van der Waals surface area contributed by atoms with Crippen LogP contribution in [-0.4, -0.2) is 373 Å². The van der Waals surface area contributed by atoms with Crippen molar-refractivity contribution in [2.24, 2.45) is 0 Å². The first-order valence-electron chi connectivity index (χ1n) is 48.2. The molecule has 0 aliphatic rings. The van der Waals surface area contributed by atoms with Gasteiger partial charge in [-0.25, -0.2) is 4.57 Å². The summed E-state index contributed by atoms with van der Waals surface area (Å²) in [4.78, 5) is 48.5. The molecule has 35 heteroatoms. The molecule has 2 atom stereocenters. The number of hydrogen-bond donors (Lipinski definition) is 2. The summed E-state index contributed by atoms with van der Waals surface area (Å²) in [7, 11) is -2.99. The number of amides is 1. The zero-order chi connectivity index (χ0) is 90.7. The number of nitrogens with one attached hydrogen (secondary N) is 1. The van der Waals surface area contributed by atoms with Gasteiger partial charge in [-0.1, -0.05) is 194 Å². The largest absolute Gasteiger partial charge is 0.472 e. The van der Waals surface area contributed by atoms with Crippen LogP contribution < -0.4 is 5.32 Å². The van der Waals surface area contributed by atoms with E-state index in [1.54, 1.807) is 7.11 Å². The van der Waals surface area contributed by atoms with Crippen molar-refractivity contribution < 1.29 is 156 Å². The van der Waals surface area contributed by atoms with E-state index in [2.05, 4.69) is 19.2 Å². The first-order chi connectivity index (χ1) is 62.2. The average Bonchev–Trinajstić information content (AvgIpc) is 0.906. The van der Waals surface area contributed by atoms with Gasteiger partial charge < -0.3 is 133 Å². The van der Waals surface area contributed by atoms with Gasteiger partial charge in [0.15, 0.2) is 6.10 Å². The van der Waals surface area contributed by atoms with Crippen molar-refractivity contribution in [1.82, 2.24) is 5.32 Å². The van der Waals surface area contributed by atoms with Crippen molar-refractivity contribution in [3.8, 4) is 0 Å². The summed E-state index contributed by atoms with van der Waals surface area (Å²) in [5, 5.41) is 2.62. The molecule has 2 N–H and O–H groups in total. The first kappa shape index (κ1) is 124. The molecule has 752 valence electrons. The molecular weight excluding hydrogens is 1670 g/mol. The lowest BCUT2D eigenvalue weighted by atomic mass is 10.0. The quantitative estimate of drug-likeness (QED) is 0.0324. The monoisotopic (exact) mass is 1850 g/mol. The molecule has 0 aromatic heterocycles. The number of rotatable bonds is 114. The summed E-state index contributed by atoms with van der Waals surface area (Å²) in [6, 6.07) is 0. The van der Waals surface area contributed by atoms with Crippen molar-refractivity contribution in [2.45, 2.75) is 232 Å². The van der Waals surface area contributed by atoms with Gasteiger partial charge in [0.1, 0.15) is 6.61 Å². The number of carbonyl (C=O) groups is 3. The van der Waals surface area contributed by atoms with Crippen molar-refractivity contribution in [2.75, 3.05) is 344 Å². The van der Waals surface area contributed by atoms with Crippen molar-refractivity contribution in [1.29, 1.82) is 0 Å². The molecule has 0 aromatic rings. The number of methoxy groups -OCH3 is 1. The van der Waals surface area contributed by atoms with Gasteiger partial charge in [0.05, 0.1) is 324 Å². The Hall–Kier alpha value is -2.44. The zero-order valence-electron chi connectivity index (χ0n) is 78.9. The number of carbonyl (C=O) groups excluding carboxylic acids is 3. The molecule has 0 radical (unpaired) electrons. The second-order valence-electron chi connectivity index (χ2n) is 30.0. The van der Waals surface area contributed by atoms with Gasteiger partial charge in [-0.3, -0.25) is 23.4 Å². The van der Waals surface area contributed by atoms with Crippen LogP contribution >= 0.6 is 7.82 Å². The van der Waals surface area contributed by atoms with Crippen LogP contribution in [0.15, 0.2) is 0 Å². The molecule has 0 rings (SSSR count). The summed E-state index contributed by atoms with van der Waals surface area (Å²) in [5.41, 5.74) is 0. The van der Waals surface area contributed by atoms with Gasteiger partial charge in [-0.15, -0.1) is 0 Å². The summed E-state index contributed by atoms with van der Waals surface area (Å²) < 4.78 is 166. The number of phosphoric ester groups is 1. The maximum absolute atomic E-state index is 12.9. The van der Waals surface area contributed by atoms with Gasteiger partial charge in [-0.2, -0.15) is 0 Å². The van der Waals surface area contributed by atoms with Crippen LogP contribution in [0.2, 0.25) is 0 Å². The van der Waals surface area contributed by atoms with Gasteiger partial charge >= 0.3 is 19.8 Å². The van der Waals surface area contributed by atoms with E-state index < -0.39 is 32.5 Å². The summed E-state index contributed by atoms with van der Waals surface area (Å²) >= 11 is 0. The highest BCUT2D eigenvalue weighted by molar-refractivity contribution is 7.47. The third-order valence-electron chi connectivity index (χ3n) is 18.9. The number of esters is 2. The highest BCUT2D eigenvalue weighted by Crippen LogP contribution is 2.43. The van der Waals surface area contributed by atoms with Gasteiger partial charge in [0.2, 0.25) is 5.91 Å². The first-order valence-corrected chi connectivity index (χ1v) is 49.7. The minimum absolute atomic E-state index is 0.0580. The second-order valence-corrected chi connectivity index (χ2v) is 31.4. The zero-order valence-corrected chi connectivity index (χ0v) is 79.8. The van der Waals surface area contributed by atoms with Crippen molar-refractivity contribution in [3.63, 3.8) is 0 Å². The molecule has 0 spiro atoms. The van der Waals surface area contributed by atoms with Crippen LogP contribution in [0, 0.1) is 0 Å². The van der Waals surface area contributed by atoms with E-state index in [0.29, 0.717) is 310 Å². The highest BCUT2D eigenvalue weighted by Gasteiger charge is 2.26. The van der Waals surface area contributed by atoms with Crippen LogP contribution in [0.1, 0.15) is 226 Å². The Morgan fingerprint density at radius 2 is 0.437 bits per heavy atom. The Bertz CT molecular complexity index is 2170. The topological polar surface area (TPSA) is 359 Å². The molecule has 0 aromatic carbocycles. The Morgan fingerprint density at radius 3 is 0.659 bits per heavy atom. The van der Waals surface area contributed by atoms with Crippen LogP contribution in [0.25, 0.3) is 0 Å². The smallest absolute Gasteiger partial charge is 0.462 e. The van der Waals surface area contributed by atoms with Crippen LogP contribution in [0.4, 0.5) is 0 Å². The molecular formula is C91H180NO33P. The molecule has 2 unspecified atom stereocenters. The molecule has 1 amide bonds. The van der Waals surface area contributed by atoms with E-state index in [-0.39, 0.29) is 58.1 Å². The molecule has 0 bridgehead atoms. The fourth-order valence-electron chi connectivity index (χ4n) is 11.8. The second kappa shape index (κ2) is 110. The Morgan fingerprint density at radius 1 is 0.238 bits per heavy atom.